The van der Waals surface area contributed by atoms with Gasteiger partial charge >= 0.3 is 0 Å². The number of fused-ring (bicyclic) bond motifs is 2. The summed E-state index contributed by atoms with van der Waals surface area (Å²) in [6.45, 7) is 5.73. The molecule has 3 heterocycles. The Balaban J connectivity index is 1.67. The van der Waals surface area contributed by atoms with Crippen LogP contribution in [-0.4, -0.2) is 44.6 Å². The lowest BCUT2D eigenvalue weighted by Crippen LogP contribution is -2.44. The molecule has 37 heavy (non-hydrogen) atoms. The molecular weight excluding hydrogens is 487 g/mol. The molecular formula is C29H37FN2O4Si. The Bertz CT molecular complexity index is 1170. The maximum atomic E-state index is 15.8. The minimum Gasteiger partial charge on any atom is -0.396 e. The zero-order chi connectivity index (χ0) is 26.4. The molecule has 0 saturated carbocycles. The largest absolute Gasteiger partial charge is 0.396 e. The third-order valence-corrected chi connectivity index (χ3v) is 10.9. The SMILES string of the molecule is C[C@@H]1[C@@H]([Si](C)(C)F)[C@H](CCO)O[C@@]12C(=O)N(c1ccccc1)c1ccc(N3CCCCCCC3=O)cc12. The lowest BCUT2D eigenvalue weighted by atomic mass is 9.82. The van der Waals surface area contributed by atoms with Crippen LogP contribution in [0.5, 0.6) is 0 Å². The van der Waals surface area contributed by atoms with Crippen molar-refractivity contribution in [1.82, 2.24) is 0 Å². The van der Waals surface area contributed by atoms with E-state index < -0.39 is 31.6 Å². The molecule has 3 aliphatic rings. The van der Waals surface area contributed by atoms with E-state index in [0.717, 1.165) is 37.1 Å². The first-order valence-electron chi connectivity index (χ1n) is 13.5. The molecule has 2 saturated heterocycles. The average molecular weight is 525 g/mol. The maximum absolute atomic E-state index is 15.8. The number of anilines is 3. The number of para-hydroxylation sites is 1. The fraction of sp³-hybridized carbons (Fsp3) is 0.517. The van der Waals surface area contributed by atoms with Gasteiger partial charge in [0.1, 0.15) is 0 Å². The van der Waals surface area contributed by atoms with Crippen LogP contribution < -0.4 is 9.80 Å². The van der Waals surface area contributed by atoms with Crippen LogP contribution >= 0.6 is 0 Å². The van der Waals surface area contributed by atoms with Crippen LogP contribution in [0.15, 0.2) is 48.5 Å². The molecule has 1 spiro atoms. The third kappa shape index (κ3) is 4.33. The second-order valence-electron chi connectivity index (χ2n) is 11.2. The number of rotatable bonds is 5. The topological polar surface area (TPSA) is 70.1 Å². The molecule has 2 amide bonds. The van der Waals surface area contributed by atoms with E-state index in [-0.39, 0.29) is 24.8 Å². The highest BCUT2D eigenvalue weighted by Crippen LogP contribution is 2.61. The van der Waals surface area contributed by atoms with Crippen molar-refractivity contribution in [3.8, 4) is 0 Å². The highest BCUT2D eigenvalue weighted by atomic mass is 28.4. The van der Waals surface area contributed by atoms with Crippen molar-refractivity contribution in [1.29, 1.82) is 0 Å². The Morgan fingerprint density at radius 1 is 1.05 bits per heavy atom. The fourth-order valence-electron chi connectivity index (χ4n) is 6.79. The van der Waals surface area contributed by atoms with Gasteiger partial charge in [-0.25, -0.2) is 0 Å². The van der Waals surface area contributed by atoms with Crippen molar-refractivity contribution in [3.05, 3.63) is 54.1 Å². The Kier molecular flexibility index (Phi) is 7.02. The third-order valence-electron chi connectivity index (χ3n) is 8.42. The Hall–Kier alpha value is -2.55. The Labute approximate surface area is 219 Å². The quantitative estimate of drug-likeness (QED) is 0.395. The molecule has 3 aliphatic heterocycles. The molecule has 198 valence electrons. The van der Waals surface area contributed by atoms with Crippen molar-refractivity contribution in [2.24, 2.45) is 5.92 Å². The van der Waals surface area contributed by atoms with Crippen LogP contribution in [0.1, 0.15) is 51.0 Å². The van der Waals surface area contributed by atoms with Gasteiger partial charge in [0.05, 0.1) is 11.8 Å². The standard InChI is InChI=1S/C29H37FN2O4Si/c1-20-27(37(2,3)30)25(16-18-33)36-29(20)23-19-22(31-17-10-5-4-9-13-26(31)34)14-15-24(23)32(28(29)35)21-11-7-6-8-12-21/h6-8,11-12,14-15,19-20,25,27,33H,4-5,9-10,13,16-18H2,1-3H3/t20-,25+,27-,29+/m1/s1. The van der Waals surface area contributed by atoms with E-state index in [4.69, 9.17) is 4.74 Å². The summed E-state index contributed by atoms with van der Waals surface area (Å²) in [5.41, 5.74) is 1.02. The summed E-state index contributed by atoms with van der Waals surface area (Å²) in [5, 5.41) is 9.79. The predicted octanol–water partition coefficient (Wildman–Crippen LogP) is 5.82. The molecule has 0 aliphatic carbocycles. The number of aliphatic hydroxyl groups excluding tert-OH is 1. The van der Waals surface area contributed by atoms with Crippen LogP contribution in [0.3, 0.4) is 0 Å². The molecule has 0 radical (unpaired) electrons. The molecule has 0 aromatic heterocycles. The van der Waals surface area contributed by atoms with Gasteiger partial charge in [0.15, 0.2) is 5.60 Å². The summed E-state index contributed by atoms with van der Waals surface area (Å²) < 4.78 is 22.4. The molecule has 0 bridgehead atoms. The van der Waals surface area contributed by atoms with Crippen molar-refractivity contribution in [2.75, 3.05) is 23.0 Å². The number of carbonyl (C=O) groups is 2. The Morgan fingerprint density at radius 3 is 2.49 bits per heavy atom. The van der Waals surface area contributed by atoms with Crippen LogP contribution in [0.25, 0.3) is 0 Å². The number of amides is 2. The van der Waals surface area contributed by atoms with Crippen LogP contribution in [0, 0.1) is 5.92 Å². The zero-order valence-electron chi connectivity index (χ0n) is 22.0. The van der Waals surface area contributed by atoms with Gasteiger partial charge in [-0.2, -0.15) is 0 Å². The van der Waals surface area contributed by atoms with E-state index >= 15 is 4.11 Å². The van der Waals surface area contributed by atoms with Gasteiger partial charge in [-0.3, -0.25) is 14.5 Å². The fourth-order valence-corrected chi connectivity index (χ4v) is 9.33. The number of halogens is 1. The lowest BCUT2D eigenvalue weighted by Gasteiger charge is -2.31. The molecule has 4 atom stereocenters. The van der Waals surface area contributed by atoms with Gasteiger partial charge in [-0.1, -0.05) is 38.0 Å². The second kappa shape index (κ2) is 9.96. The number of benzene rings is 2. The molecule has 6 nitrogen and oxygen atoms in total. The molecule has 2 fully saturated rings. The molecule has 8 heteroatoms. The number of hydrogen-bond donors (Lipinski definition) is 1. The van der Waals surface area contributed by atoms with Crippen molar-refractivity contribution in [2.45, 2.75) is 75.8 Å². The van der Waals surface area contributed by atoms with Crippen LogP contribution in [0.4, 0.5) is 21.2 Å². The van der Waals surface area contributed by atoms with E-state index in [2.05, 4.69) is 0 Å². The normalized spacial score (nSPS) is 28.5. The number of nitrogens with zero attached hydrogens (tertiary/aromatic N) is 2. The Morgan fingerprint density at radius 2 is 1.78 bits per heavy atom. The first-order valence-corrected chi connectivity index (χ1v) is 16.5. The summed E-state index contributed by atoms with van der Waals surface area (Å²) >= 11 is 0. The molecule has 1 N–H and O–H groups in total. The van der Waals surface area contributed by atoms with Crippen LogP contribution in [-0.2, 0) is 19.9 Å². The summed E-state index contributed by atoms with van der Waals surface area (Å²) in [7, 11) is -3.27. The van der Waals surface area contributed by atoms with Crippen molar-refractivity contribution in [3.63, 3.8) is 0 Å². The molecule has 2 aromatic rings. The summed E-state index contributed by atoms with van der Waals surface area (Å²) in [6, 6.07) is 15.2. The first kappa shape index (κ1) is 26.1. The highest BCUT2D eigenvalue weighted by Gasteiger charge is 2.66. The summed E-state index contributed by atoms with van der Waals surface area (Å²) in [5.74, 6) is -0.582. The zero-order valence-corrected chi connectivity index (χ0v) is 23.0. The van der Waals surface area contributed by atoms with E-state index in [0.29, 0.717) is 24.2 Å². The average Bonchev–Trinajstić information content (AvgIpc) is 3.28. The van der Waals surface area contributed by atoms with E-state index in [1.807, 2.05) is 60.4 Å². The second-order valence-corrected chi connectivity index (χ2v) is 15.0. The van der Waals surface area contributed by atoms with E-state index in [9.17, 15) is 14.7 Å². The minimum absolute atomic E-state index is 0.0895. The molecule has 0 unspecified atom stereocenters. The van der Waals surface area contributed by atoms with Gasteiger partial charge in [-0.05, 0) is 62.7 Å². The lowest BCUT2D eigenvalue weighted by molar-refractivity contribution is -0.145. The number of ether oxygens (including phenoxy) is 1. The van der Waals surface area contributed by atoms with E-state index in [1.54, 1.807) is 18.0 Å². The number of hydrogen-bond acceptors (Lipinski definition) is 4. The summed E-state index contributed by atoms with van der Waals surface area (Å²) in [4.78, 5) is 31.0. The van der Waals surface area contributed by atoms with E-state index in [1.165, 1.54) is 0 Å². The first-order chi connectivity index (χ1) is 17.7. The number of carbonyl (C=O) groups excluding carboxylic acids is 2. The van der Waals surface area contributed by atoms with Gasteiger partial charge in [-0.15, -0.1) is 0 Å². The van der Waals surface area contributed by atoms with Gasteiger partial charge in [0.2, 0.25) is 14.3 Å². The van der Waals surface area contributed by atoms with Crippen molar-refractivity contribution >= 4 is 37.3 Å². The van der Waals surface area contributed by atoms with Gasteiger partial charge in [0, 0.05) is 48.0 Å². The maximum Gasteiger partial charge on any atom is 0.268 e. The predicted molar refractivity (Wildman–Crippen MR) is 145 cm³/mol. The van der Waals surface area contributed by atoms with Crippen LogP contribution in [0.2, 0.25) is 18.6 Å². The number of aliphatic hydroxyl groups is 1. The molecule has 2 aromatic carbocycles. The smallest absolute Gasteiger partial charge is 0.268 e. The summed E-state index contributed by atoms with van der Waals surface area (Å²) in [6.07, 6.45) is 4.17. The van der Waals surface area contributed by atoms with Crippen molar-refractivity contribution < 1.29 is 23.5 Å². The highest BCUT2D eigenvalue weighted by molar-refractivity contribution is 6.72. The van der Waals surface area contributed by atoms with Gasteiger partial charge < -0.3 is 18.9 Å². The van der Waals surface area contributed by atoms with Gasteiger partial charge in [0.25, 0.3) is 5.91 Å². The monoisotopic (exact) mass is 524 g/mol. The minimum atomic E-state index is -3.27. The molecule has 5 rings (SSSR count).